The van der Waals surface area contributed by atoms with Crippen LogP contribution >= 0.6 is 23.1 Å². The monoisotopic (exact) mass is 388 g/mol. The Labute approximate surface area is 158 Å². The van der Waals surface area contributed by atoms with E-state index in [0.717, 1.165) is 11.3 Å². The van der Waals surface area contributed by atoms with E-state index in [1.807, 2.05) is 17.5 Å². The molecule has 0 atom stereocenters. The molecule has 0 saturated carbocycles. The van der Waals surface area contributed by atoms with Crippen LogP contribution in [0, 0.1) is 0 Å². The standard InChI is InChI=1S/C17H16N4O3S2/c22-14(12-4-5-15-16(9-12)24-7-2-6-23-15)11-26-17-18-19-20-21(17)10-13-3-1-8-25-13/h1,3-5,8-9H,2,6-7,10-11H2. The Morgan fingerprint density at radius 1 is 1.23 bits per heavy atom. The number of Topliss-reactive ketones (excluding diaryl/α,β-unsaturated/α-hetero) is 1. The number of hydrogen-bond acceptors (Lipinski definition) is 8. The molecule has 0 N–H and O–H groups in total. The molecule has 4 rings (SSSR count). The van der Waals surface area contributed by atoms with Gasteiger partial charge in [0.15, 0.2) is 17.3 Å². The number of nitrogens with zero attached hydrogens (tertiary/aromatic N) is 4. The molecule has 0 aliphatic carbocycles. The zero-order valence-electron chi connectivity index (χ0n) is 13.8. The maximum Gasteiger partial charge on any atom is 0.210 e. The molecule has 0 spiro atoms. The number of carbonyl (C=O) groups excluding carboxylic acids is 1. The summed E-state index contributed by atoms with van der Waals surface area (Å²) in [5, 5.41) is 14.4. The first-order valence-electron chi connectivity index (χ1n) is 8.14. The van der Waals surface area contributed by atoms with Crippen LogP contribution < -0.4 is 9.47 Å². The lowest BCUT2D eigenvalue weighted by atomic mass is 10.1. The van der Waals surface area contributed by atoms with Gasteiger partial charge in [0.25, 0.3) is 0 Å². The van der Waals surface area contributed by atoms with Crippen molar-refractivity contribution in [3.05, 3.63) is 46.2 Å². The molecular formula is C17H16N4O3S2. The molecule has 0 amide bonds. The van der Waals surface area contributed by atoms with Crippen LogP contribution in [0.5, 0.6) is 11.5 Å². The summed E-state index contributed by atoms with van der Waals surface area (Å²) in [7, 11) is 0. The van der Waals surface area contributed by atoms with Crippen LogP contribution in [-0.2, 0) is 6.54 Å². The normalized spacial score (nSPS) is 13.4. The number of benzene rings is 1. The van der Waals surface area contributed by atoms with Crippen molar-refractivity contribution in [1.82, 2.24) is 20.2 Å². The van der Waals surface area contributed by atoms with Crippen molar-refractivity contribution in [2.75, 3.05) is 19.0 Å². The zero-order valence-corrected chi connectivity index (χ0v) is 15.5. The van der Waals surface area contributed by atoms with Gasteiger partial charge in [-0.3, -0.25) is 4.79 Å². The highest BCUT2D eigenvalue weighted by Crippen LogP contribution is 2.31. The van der Waals surface area contributed by atoms with Crippen molar-refractivity contribution < 1.29 is 14.3 Å². The highest BCUT2D eigenvalue weighted by atomic mass is 32.2. The second kappa shape index (κ2) is 7.88. The maximum absolute atomic E-state index is 12.5. The number of rotatable bonds is 6. The molecule has 1 aliphatic rings. The Balaban J connectivity index is 1.42. The van der Waals surface area contributed by atoms with Gasteiger partial charge in [0, 0.05) is 16.9 Å². The Bertz CT molecular complexity index is 895. The van der Waals surface area contributed by atoms with Crippen molar-refractivity contribution in [2.45, 2.75) is 18.1 Å². The van der Waals surface area contributed by atoms with Gasteiger partial charge in [-0.05, 0) is 40.1 Å². The van der Waals surface area contributed by atoms with E-state index in [-0.39, 0.29) is 11.5 Å². The van der Waals surface area contributed by atoms with E-state index in [0.29, 0.717) is 42.0 Å². The molecule has 26 heavy (non-hydrogen) atoms. The summed E-state index contributed by atoms with van der Waals surface area (Å²) < 4.78 is 13.0. The van der Waals surface area contributed by atoms with E-state index in [1.54, 1.807) is 34.2 Å². The summed E-state index contributed by atoms with van der Waals surface area (Å²) >= 11 is 2.98. The number of tetrazole rings is 1. The van der Waals surface area contributed by atoms with Crippen molar-refractivity contribution in [1.29, 1.82) is 0 Å². The molecule has 0 saturated heterocycles. The number of thiophene rings is 1. The minimum atomic E-state index is -0.00341. The molecule has 0 radical (unpaired) electrons. The van der Waals surface area contributed by atoms with Crippen LogP contribution in [0.1, 0.15) is 21.7 Å². The van der Waals surface area contributed by atoms with Gasteiger partial charge in [-0.2, -0.15) is 0 Å². The van der Waals surface area contributed by atoms with Gasteiger partial charge in [-0.15, -0.1) is 16.4 Å². The summed E-state index contributed by atoms with van der Waals surface area (Å²) in [6, 6.07) is 9.33. The van der Waals surface area contributed by atoms with Crippen LogP contribution in [0.2, 0.25) is 0 Å². The molecule has 0 fully saturated rings. The van der Waals surface area contributed by atoms with E-state index < -0.39 is 0 Å². The van der Waals surface area contributed by atoms with E-state index >= 15 is 0 Å². The van der Waals surface area contributed by atoms with Crippen molar-refractivity contribution >= 4 is 28.9 Å². The number of fused-ring (bicyclic) bond motifs is 1. The molecule has 134 valence electrons. The molecule has 7 nitrogen and oxygen atoms in total. The quantitative estimate of drug-likeness (QED) is 0.474. The fourth-order valence-electron chi connectivity index (χ4n) is 2.50. The topological polar surface area (TPSA) is 79.1 Å². The third-order valence-electron chi connectivity index (χ3n) is 3.79. The van der Waals surface area contributed by atoms with Gasteiger partial charge in [-0.1, -0.05) is 17.8 Å². The fourth-order valence-corrected chi connectivity index (χ4v) is 3.96. The minimum absolute atomic E-state index is 0.00341. The summed E-state index contributed by atoms with van der Waals surface area (Å²) in [4.78, 5) is 13.7. The van der Waals surface area contributed by atoms with Gasteiger partial charge in [0.2, 0.25) is 5.16 Å². The fraction of sp³-hybridized carbons (Fsp3) is 0.294. The Morgan fingerprint density at radius 3 is 2.96 bits per heavy atom. The average Bonchev–Trinajstić information content (AvgIpc) is 3.27. The molecule has 9 heteroatoms. The molecule has 0 bridgehead atoms. The Hall–Kier alpha value is -2.39. The molecule has 3 heterocycles. The summed E-state index contributed by atoms with van der Waals surface area (Å²) in [6.45, 7) is 1.82. The van der Waals surface area contributed by atoms with Crippen molar-refractivity contribution in [3.8, 4) is 11.5 Å². The van der Waals surface area contributed by atoms with Crippen LogP contribution in [0.25, 0.3) is 0 Å². The van der Waals surface area contributed by atoms with Crippen LogP contribution in [0.4, 0.5) is 0 Å². The van der Waals surface area contributed by atoms with E-state index in [9.17, 15) is 4.79 Å². The van der Waals surface area contributed by atoms with E-state index in [1.165, 1.54) is 11.8 Å². The zero-order chi connectivity index (χ0) is 17.8. The van der Waals surface area contributed by atoms with Gasteiger partial charge < -0.3 is 9.47 Å². The SMILES string of the molecule is O=C(CSc1nnnn1Cc1cccs1)c1ccc2c(c1)OCCCO2. The van der Waals surface area contributed by atoms with E-state index in [2.05, 4.69) is 15.5 Å². The van der Waals surface area contributed by atoms with Gasteiger partial charge in [-0.25, -0.2) is 4.68 Å². The van der Waals surface area contributed by atoms with E-state index in [4.69, 9.17) is 9.47 Å². The first-order chi connectivity index (χ1) is 12.8. The van der Waals surface area contributed by atoms with Crippen molar-refractivity contribution in [3.63, 3.8) is 0 Å². The number of aromatic nitrogens is 4. The highest BCUT2D eigenvalue weighted by molar-refractivity contribution is 7.99. The lowest BCUT2D eigenvalue weighted by molar-refractivity contribution is 0.102. The van der Waals surface area contributed by atoms with Crippen LogP contribution in [0.3, 0.4) is 0 Å². The predicted octanol–water partition coefficient (Wildman–Crippen LogP) is 2.92. The molecule has 1 aromatic carbocycles. The summed E-state index contributed by atoms with van der Waals surface area (Å²) in [5.41, 5.74) is 0.596. The number of ketones is 1. The predicted molar refractivity (Wildman–Crippen MR) is 98.3 cm³/mol. The number of ether oxygens (including phenoxy) is 2. The smallest absolute Gasteiger partial charge is 0.210 e. The number of thioether (sulfide) groups is 1. The molecule has 3 aromatic rings. The maximum atomic E-state index is 12.5. The summed E-state index contributed by atoms with van der Waals surface area (Å²) in [5.74, 6) is 1.56. The third-order valence-corrected chi connectivity index (χ3v) is 5.60. The minimum Gasteiger partial charge on any atom is -0.490 e. The molecule has 1 aliphatic heterocycles. The Kier molecular flexibility index (Phi) is 5.16. The van der Waals surface area contributed by atoms with Gasteiger partial charge in [0.05, 0.1) is 25.5 Å². The molecule has 0 unspecified atom stereocenters. The number of hydrogen-bond donors (Lipinski definition) is 0. The average molecular weight is 388 g/mol. The Morgan fingerprint density at radius 2 is 2.12 bits per heavy atom. The first-order valence-corrected chi connectivity index (χ1v) is 10.0. The largest absolute Gasteiger partial charge is 0.490 e. The van der Waals surface area contributed by atoms with Crippen LogP contribution in [0.15, 0.2) is 40.9 Å². The third kappa shape index (κ3) is 3.88. The lowest BCUT2D eigenvalue weighted by Crippen LogP contribution is -2.07. The molecular weight excluding hydrogens is 372 g/mol. The molecule has 2 aromatic heterocycles. The van der Waals surface area contributed by atoms with Gasteiger partial charge in [0.1, 0.15) is 0 Å². The van der Waals surface area contributed by atoms with Crippen molar-refractivity contribution in [2.24, 2.45) is 0 Å². The summed E-state index contributed by atoms with van der Waals surface area (Å²) in [6.07, 6.45) is 0.834. The first kappa shape index (κ1) is 17.0. The second-order valence-corrected chi connectivity index (χ2v) is 7.60. The number of carbonyl (C=O) groups is 1. The van der Waals surface area contributed by atoms with Gasteiger partial charge >= 0.3 is 0 Å². The highest BCUT2D eigenvalue weighted by Gasteiger charge is 2.16. The van der Waals surface area contributed by atoms with Crippen LogP contribution in [-0.4, -0.2) is 45.0 Å². The lowest BCUT2D eigenvalue weighted by Gasteiger charge is -2.08. The second-order valence-electron chi connectivity index (χ2n) is 5.62.